The van der Waals surface area contributed by atoms with Crippen LogP contribution in [0, 0.1) is 5.92 Å². The molecule has 2 aliphatic rings. The second-order valence-electron chi connectivity index (χ2n) is 11.4. The third kappa shape index (κ3) is 6.38. The largest absolute Gasteiger partial charge is 0.465 e. The molecule has 0 spiro atoms. The molecule has 3 aromatic carbocycles. The van der Waals surface area contributed by atoms with E-state index in [9.17, 15) is 4.79 Å². The lowest BCUT2D eigenvalue weighted by Crippen LogP contribution is -2.35. The minimum Gasteiger partial charge on any atom is -0.465 e. The van der Waals surface area contributed by atoms with Crippen LogP contribution in [0.4, 0.5) is 0 Å². The van der Waals surface area contributed by atoms with Crippen LogP contribution in [0.2, 0.25) is 0 Å². The first-order chi connectivity index (χ1) is 19.6. The van der Waals surface area contributed by atoms with Gasteiger partial charge in [0, 0.05) is 29.4 Å². The number of hydrogen-bond acceptors (Lipinski definition) is 5. The molecule has 1 unspecified atom stereocenters. The number of esters is 1. The summed E-state index contributed by atoms with van der Waals surface area (Å²) in [5.74, 6) is -0.170. The van der Waals surface area contributed by atoms with Gasteiger partial charge in [0.15, 0.2) is 0 Å². The molecule has 6 rings (SSSR count). The van der Waals surface area contributed by atoms with Crippen LogP contribution in [-0.2, 0) is 29.0 Å². The molecule has 40 heavy (non-hydrogen) atoms. The Morgan fingerprint density at radius 1 is 0.900 bits per heavy atom. The Hall–Kier alpha value is -3.25. The highest BCUT2D eigenvalue weighted by molar-refractivity contribution is 7.15. The summed E-state index contributed by atoms with van der Waals surface area (Å²) in [6.45, 7) is 5.69. The van der Waals surface area contributed by atoms with Crippen LogP contribution in [0.25, 0.3) is 10.4 Å². The number of carbonyl (C=O) groups is 1. The molecule has 1 saturated heterocycles. The Labute approximate surface area is 242 Å². The third-order valence-corrected chi connectivity index (χ3v) is 9.63. The lowest BCUT2D eigenvalue weighted by atomic mass is 9.90. The van der Waals surface area contributed by atoms with E-state index < -0.39 is 5.92 Å². The van der Waals surface area contributed by atoms with Gasteiger partial charge in [0.2, 0.25) is 0 Å². The van der Waals surface area contributed by atoms with Crippen LogP contribution in [0.15, 0.2) is 91.0 Å². The molecular weight excluding hydrogens is 512 g/mol. The minimum atomic E-state index is -0.431. The van der Waals surface area contributed by atoms with Crippen molar-refractivity contribution >= 4 is 17.3 Å². The zero-order chi connectivity index (χ0) is 27.3. The summed E-state index contributed by atoms with van der Waals surface area (Å²) < 4.78 is 6.07. The minimum absolute atomic E-state index is 0.151. The summed E-state index contributed by atoms with van der Waals surface area (Å²) in [4.78, 5) is 21.4. The number of likely N-dealkylation sites (tertiary alicyclic amines) is 1. The molecule has 5 heteroatoms. The first-order valence-electron chi connectivity index (χ1n) is 14.5. The fourth-order valence-corrected chi connectivity index (χ4v) is 7.19. The molecule has 0 aliphatic carbocycles. The highest BCUT2D eigenvalue weighted by Gasteiger charge is 2.27. The zero-order valence-electron chi connectivity index (χ0n) is 23.3. The van der Waals surface area contributed by atoms with Gasteiger partial charge in [-0.2, -0.15) is 0 Å². The van der Waals surface area contributed by atoms with E-state index in [1.54, 1.807) is 0 Å². The van der Waals surface area contributed by atoms with Crippen molar-refractivity contribution < 1.29 is 9.53 Å². The Kier molecular flexibility index (Phi) is 8.43. The molecule has 1 fully saturated rings. The molecule has 2 aliphatic heterocycles. The van der Waals surface area contributed by atoms with E-state index in [0.29, 0.717) is 12.5 Å². The SMILES string of the molecule is CN1CCc2sc(-c3cccc(C(C(=O)OCC4CCN(Cc5ccccc5)CC4)c4ccccc4)c3)cc2C1. The van der Waals surface area contributed by atoms with E-state index in [1.165, 1.54) is 26.4 Å². The second kappa shape index (κ2) is 12.5. The summed E-state index contributed by atoms with van der Waals surface area (Å²) in [7, 11) is 2.19. The van der Waals surface area contributed by atoms with Gasteiger partial charge in [-0.05, 0) is 85.3 Å². The Morgan fingerprint density at radius 2 is 1.62 bits per heavy atom. The van der Waals surface area contributed by atoms with Crippen molar-refractivity contribution in [3.8, 4) is 10.4 Å². The average Bonchev–Trinajstić information content (AvgIpc) is 3.42. The van der Waals surface area contributed by atoms with Crippen molar-refractivity contribution in [1.29, 1.82) is 0 Å². The number of carbonyl (C=O) groups excluding carboxylic acids is 1. The molecule has 0 saturated carbocycles. The van der Waals surface area contributed by atoms with E-state index in [1.807, 2.05) is 41.7 Å². The Morgan fingerprint density at radius 3 is 2.40 bits per heavy atom. The smallest absolute Gasteiger partial charge is 0.317 e. The van der Waals surface area contributed by atoms with E-state index in [2.05, 4.69) is 77.5 Å². The molecule has 4 nitrogen and oxygen atoms in total. The van der Waals surface area contributed by atoms with E-state index in [-0.39, 0.29) is 5.97 Å². The van der Waals surface area contributed by atoms with Crippen molar-refractivity contribution in [3.05, 3.63) is 118 Å². The molecule has 3 heterocycles. The van der Waals surface area contributed by atoms with Gasteiger partial charge < -0.3 is 9.64 Å². The lowest BCUT2D eigenvalue weighted by Gasteiger charge is -2.32. The summed E-state index contributed by atoms with van der Waals surface area (Å²) in [5.41, 5.74) is 5.95. The van der Waals surface area contributed by atoms with E-state index in [0.717, 1.165) is 63.1 Å². The monoisotopic (exact) mass is 550 g/mol. The molecule has 0 N–H and O–H groups in total. The standard InChI is InChI=1S/C35H38N2O2S/c1-36-18-17-32-31(24-36)22-33(40-32)29-13-8-14-30(21-29)34(28-11-6-3-7-12-28)35(38)39-25-27-15-19-37(20-16-27)23-26-9-4-2-5-10-26/h2-14,21-22,27,34H,15-20,23-25H2,1H3. The fourth-order valence-electron chi connectivity index (χ4n) is 6.03. The van der Waals surface area contributed by atoms with Gasteiger partial charge in [-0.15, -0.1) is 11.3 Å². The normalized spacial score (nSPS) is 17.3. The van der Waals surface area contributed by atoms with Crippen LogP contribution >= 0.6 is 11.3 Å². The maximum Gasteiger partial charge on any atom is 0.317 e. The van der Waals surface area contributed by atoms with Gasteiger partial charge in [-0.25, -0.2) is 0 Å². The fraction of sp³-hybridized carbons (Fsp3) is 0.343. The Bertz CT molecular complexity index is 1410. The van der Waals surface area contributed by atoms with Crippen LogP contribution in [0.5, 0.6) is 0 Å². The van der Waals surface area contributed by atoms with Crippen LogP contribution in [0.3, 0.4) is 0 Å². The summed E-state index contributed by atoms with van der Waals surface area (Å²) in [6, 6.07) is 31.6. The number of benzene rings is 3. The van der Waals surface area contributed by atoms with E-state index >= 15 is 0 Å². The number of rotatable bonds is 8. The summed E-state index contributed by atoms with van der Waals surface area (Å²) in [5, 5.41) is 0. The third-order valence-electron chi connectivity index (χ3n) is 8.35. The predicted octanol–water partition coefficient (Wildman–Crippen LogP) is 6.99. The summed E-state index contributed by atoms with van der Waals surface area (Å²) >= 11 is 1.90. The van der Waals surface area contributed by atoms with Gasteiger partial charge in [-0.1, -0.05) is 78.9 Å². The maximum atomic E-state index is 13.7. The maximum absolute atomic E-state index is 13.7. The first kappa shape index (κ1) is 26.9. The van der Waals surface area contributed by atoms with Gasteiger partial charge in [0.05, 0.1) is 6.61 Å². The van der Waals surface area contributed by atoms with Crippen LogP contribution in [-0.4, -0.2) is 49.1 Å². The van der Waals surface area contributed by atoms with Gasteiger partial charge >= 0.3 is 5.97 Å². The van der Waals surface area contributed by atoms with Crippen LogP contribution in [0.1, 0.15) is 45.9 Å². The predicted molar refractivity (Wildman–Crippen MR) is 163 cm³/mol. The van der Waals surface area contributed by atoms with Crippen molar-refractivity contribution in [2.45, 2.75) is 38.3 Å². The van der Waals surface area contributed by atoms with Crippen molar-refractivity contribution in [1.82, 2.24) is 9.80 Å². The van der Waals surface area contributed by atoms with E-state index in [4.69, 9.17) is 4.74 Å². The molecule has 1 atom stereocenters. The highest BCUT2D eigenvalue weighted by Crippen LogP contribution is 2.37. The topological polar surface area (TPSA) is 32.8 Å². The molecule has 0 bridgehead atoms. The number of nitrogens with zero attached hydrogens (tertiary/aromatic N) is 2. The molecule has 0 radical (unpaired) electrons. The van der Waals surface area contributed by atoms with Crippen molar-refractivity contribution in [2.75, 3.05) is 33.3 Å². The molecule has 4 aromatic rings. The lowest BCUT2D eigenvalue weighted by molar-refractivity contribution is -0.146. The Balaban J connectivity index is 1.14. The number of fused-ring (bicyclic) bond motifs is 1. The molecule has 0 amide bonds. The number of likely N-dealkylation sites (N-methyl/N-ethyl adjacent to an activating group) is 1. The molecule has 1 aromatic heterocycles. The number of piperidine rings is 1. The van der Waals surface area contributed by atoms with Gasteiger partial charge in [0.25, 0.3) is 0 Å². The summed E-state index contributed by atoms with van der Waals surface area (Å²) in [6.07, 6.45) is 3.23. The first-order valence-corrected chi connectivity index (χ1v) is 15.3. The van der Waals surface area contributed by atoms with Crippen molar-refractivity contribution in [2.24, 2.45) is 5.92 Å². The second-order valence-corrected chi connectivity index (χ2v) is 12.5. The number of ether oxygens (including phenoxy) is 1. The molecular formula is C35H38N2O2S. The van der Waals surface area contributed by atoms with Gasteiger partial charge in [-0.3, -0.25) is 9.69 Å². The number of thiophene rings is 1. The van der Waals surface area contributed by atoms with Gasteiger partial charge in [0.1, 0.15) is 5.92 Å². The van der Waals surface area contributed by atoms with Crippen LogP contribution < -0.4 is 0 Å². The van der Waals surface area contributed by atoms with Crippen molar-refractivity contribution in [3.63, 3.8) is 0 Å². The highest BCUT2D eigenvalue weighted by atomic mass is 32.1. The number of hydrogen-bond donors (Lipinski definition) is 0. The average molecular weight is 551 g/mol. The zero-order valence-corrected chi connectivity index (χ0v) is 24.1. The quantitative estimate of drug-likeness (QED) is 0.221. The molecule has 206 valence electrons.